The molecule has 0 spiro atoms. The van der Waals surface area contributed by atoms with Gasteiger partial charge < -0.3 is 5.32 Å². The first kappa shape index (κ1) is 17.9. The van der Waals surface area contributed by atoms with E-state index in [2.05, 4.69) is 75.1 Å². The lowest BCUT2D eigenvalue weighted by molar-refractivity contribution is -0.115. The number of aromatic nitrogens is 1. The Labute approximate surface area is 152 Å². The van der Waals surface area contributed by atoms with Crippen LogP contribution in [0.5, 0.6) is 0 Å². The molecule has 0 fully saturated rings. The van der Waals surface area contributed by atoms with Crippen LogP contribution in [-0.2, 0) is 4.79 Å². The van der Waals surface area contributed by atoms with E-state index in [4.69, 9.17) is 0 Å². The summed E-state index contributed by atoms with van der Waals surface area (Å²) in [5.41, 5.74) is 2.18. The zero-order valence-corrected chi connectivity index (χ0v) is 16.9. The molecule has 1 aromatic carbocycles. The Bertz CT molecular complexity index is 669. The third-order valence-corrected chi connectivity index (χ3v) is 5.69. The average molecular weight is 448 g/mol. The first-order valence-corrected chi connectivity index (χ1v) is 9.99. The van der Waals surface area contributed by atoms with Crippen LogP contribution in [-0.4, -0.2) is 15.7 Å². The number of amides is 1. The summed E-state index contributed by atoms with van der Waals surface area (Å²) in [5.74, 6) is 0.372. The number of carbonyl (C=O) groups excluding carboxylic acids is 1. The van der Waals surface area contributed by atoms with Crippen molar-refractivity contribution in [3.05, 3.63) is 22.2 Å². The van der Waals surface area contributed by atoms with E-state index in [9.17, 15) is 4.79 Å². The van der Waals surface area contributed by atoms with Gasteiger partial charge in [-0.25, -0.2) is 4.98 Å². The van der Waals surface area contributed by atoms with Crippen LogP contribution >= 0.6 is 43.2 Å². The molecule has 0 aliphatic rings. The van der Waals surface area contributed by atoms with Gasteiger partial charge in [-0.3, -0.25) is 4.79 Å². The lowest BCUT2D eigenvalue weighted by atomic mass is 10.0. The zero-order chi connectivity index (χ0) is 16.3. The van der Waals surface area contributed by atoms with Crippen LogP contribution in [0.25, 0.3) is 10.2 Å². The van der Waals surface area contributed by atoms with E-state index in [1.165, 1.54) is 16.9 Å². The van der Waals surface area contributed by atoms with Gasteiger partial charge in [-0.1, -0.05) is 76.8 Å². The van der Waals surface area contributed by atoms with Crippen LogP contribution in [0, 0.1) is 0 Å². The number of nitrogens with zero attached hydrogens (tertiary/aromatic N) is 1. The average Bonchev–Trinajstić information content (AvgIpc) is 2.85. The van der Waals surface area contributed by atoms with Crippen molar-refractivity contribution in [1.29, 1.82) is 0 Å². The fourth-order valence-electron chi connectivity index (χ4n) is 2.21. The molecule has 0 radical (unpaired) electrons. The molecule has 0 aliphatic carbocycles. The van der Waals surface area contributed by atoms with E-state index < -0.39 is 0 Å². The monoisotopic (exact) mass is 446 g/mol. The van der Waals surface area contributed by atoms with Crippen molar-refractivity contribution in [2.24, 2.45) is 0 Å². The van der Waals surface area contributed by atoms with Gasteiger partial charge in [0.2, 0.25) is 5.91 Å². The van der Waals surface area contributed by atoms with Crippen molar-refractivity contribution < 1.29 is 4.79 Å². The summed E-state index contributed by atoms with van der Waals surface area (Å²) in [6.07, 6.45) is 2.96. The second-order valence-corrected chi connectivity index (χ2v) is 8.67. The molecule has 1 amide bonds. The molecule has 1 N–H and O–H groups in total. The third kappa shape index (κ3) is 4.30. The van der Waals surface area contributed by atoms with Crippen molar-refractivity contribution in [2.75, 3.05) is 5.32 Å². The molecule has 1 aromatic heterocycles. The largest absolute Gasteiger partial charge is 0.301 e. The predicted molar refractivity (Wildman–Crippen MR) is 102 cm³/mol. The fourth-order valence-corrected chi connectivity index (χ4v) is 4.22. The number of fused-ring (bicyclic) bond motifs is 1. The van der Waals surface area contributed by atoms with Gasteiger partial charge in [-0.05, 0) is 30.0 Å². The SMILES string of the molecule is CCCC[C@H](Br)C(=O)Nc1nc2c(C(C)C)cc(Br)cc2s1. The normalized spacial score (nSPS) is 12.8. The predicted octanol–water partition coefficient (Wildman–Crippen LogP) is 6.07. The van der Waals surface area contributed by atoms with Crippen molar-refractivity contribution in [1.82, 2.24) is 4.98 Å². The number of hydrogen-bond acceptors (Lipinski definition) is 3. The van der Waals surface area contributed by atoms with Crippen molar-refractivity contribution >= 4 is 64.5 Å². The number of benzene rings is 1. The van der Waals surface area contributed by atoms with Crippen molar-refractivity contribution in [3.8, 4) is 0 Å². The Hall–Kier alpha value is -0.460. The van der Waals surface area contributed by atoms with E-state index >= 15 is 0 Å². The molecule has 22 heavy (non-hydrogen) atoms. The smallest absolute Gasteiger partial charge is 0.239 e. The summed E-state index contributed by atoms with van der Waals surface area (Å²) < 4.78 is 2.14. The fraction of sp³-hybridized carbons (Fsp3) is 0.500. The summed E-state index contributed by atoms with van der Waals surface area (Å²) in [5, 5.41) is 3.60. The van der Waals surface area contributed by atoms with E-state index in [1.54, 1.807) is 0 Å². The lowest BCUT2D eigenvalue weighted by Gasteiger charge is -2.08. The summed E-state index contributed by atoms with van der Waals surface area (Å²) in [6.45, 7) is 6.42. The van der Waals surface area contributed by atoms with Gasteiger partial charge in [0.25, 0.3) is 0 Å². The molecular weight excluding hydrogens is 428 g/mol. The molecule has 120 valence electrons. The van der Waals surface area contributed by atoms with Crippen molar-refractivity contribution in [3.63, 3.8) is 0 Å². The number of unbranched alkanes of at least 4 members (excludes halogenated alkanes) is 1. The third-order valence-electron chi connectivity index (χ3n) is 3.44. The molecule has 3 nitrogen and oxygen atoms in total. The number of thiazole rings is 1. The summed E-state index contributed by atoms with van der Waals surface area (Å²) in [7, 11) is 0. The molecule has 6 heteroatoms. The van der Waals surface area contributed by atoms with Gasteiger partial charge >= 0.3 is 0 Å². The number of hydrogen-bond donors (Lipinski definition) is 1. The number of nitrogens with one attached hydrogen (secondary N) is 1. The Kier molecular flexibility index (Phi) is 6.41. The minimum atomic E-state index is -0.157. The molecule has 0 unspecified atom stereocenters. The molecule has 2 aromatic rings. The summed E-state index contributed by atoms with van der Waals surface area (Å²) in [6, 6.07) is 4.16. The maximum absolute atomic E-state index is 12.2. The maximum Gasteiger partial charge on any atom is 0.239 e. The van der Waals surface area contributed by atoms with Gasteiger partial charge in [0.05, 0.1) is 15.0 Å². The molecule has 0 aliphatic heterocycles. The molecule has 2 rings (SSSR count). The number of alkyl halides is 1. The Morgan fingerprint density at radius 1 is 1.41 bits per heavy atom. The van der Waals surface area contributed by atoms with E-state index in [1.807, 2.05) is 0 Å². The van der Waals surface area contributed by atoms with Crippen LogP contribution in [0.15, 0.2) is 16.6 Å². The van der Waals surface area contributed by atoms with E-state index in [0.29, 0.717) is 11.0 Å². The highest BCUT2D eigenvalue weighted by atomic mass is 79.9. The van der Waals surface area contributed by atoms with Crippen molar-refractivity contribution in [2.45, 2.75) is 50.8 Å². The molecular formula is C16H20Br2N2OS. The summed E-state index contributed by atoms with van der Waals surface area (Å²) >= 11 is 8.52. The first-order chi connectivity index (χ1) is 10.4. The highest BCUT2D eigenvalue weighted by Gasteiger charge is 2.17. The number of halogens is 2. The second kappa shape index (κ2) is 7.88. The highest BCUT2D eigenvalue weighted by Crippen LogP contribution is 2.34. The minimum Gasteiger partial charge on any atom is -0.301 e. The zero-order valence-electron chi connectivity index (χ0n) is 13.0. The van der Waals surface area contributed by atoms with Crippen LogP contribution < -0.4 is 5.32 Å². The van der Waals surface area contributed by atoms with E-state index in [0.717, 1.165) is 34.0 Å². The number of carbonyl (C=O) groups is 1. The van der Waals surface area contributed by atoms with Gasteiger partial charge in [0.1, 0.15) is 0 Å². The highest BCUT2D eigenvalue weighted by molar-refractivity contribution is 9.10. The van der Waals surface area contributed by atoms with E-state index in [-0.39, 0.29) is 10.7 Å². The number of rotatable bonds is 6. The second-order valence-electron chi connectivity index (χ2n) is 5.61. The molecule has 0 bridgehead atoms. The lowest BCUT2D eigenvalue weighted by Crippen LogP contribution is -2.22. The molecule has 0 saturated carbocycles. The van der Waals surface area contributed by atoms with Crippen LogP contribution in [0.4, 0.5) is 5.13 Å². The Balaban J connectivity index is 2.23. The Morgan fingerprint density at radius 2 is 2.14 bits per heavy atom. The molecule has 1 atom stereocenters. The molecule has 0 saturated heterocycles. The van der Waals surface area contributed by atoms with Gasteiger partial charge in [-0.2, -0.15) is 0 Å². The van der Waals surface area contributed by atoms with Gasteiger partial charge in [0.15, 0.2) is 5.13 Å². The van der Waals surface area contributed by atoms with Crippen LogP contribution in [0.2, 0.25) is 0 Å². The Morgan fingerprint density at radius 3 is 2.77 bits per heavy atom. The minimum absolute atomic E-state index is 0.0160. The van der Waals surface area contributed by atoms with Crippen LogP contribution in [0.1, 0.15) is 51.5 Å². The van der Waals surface area contributed by atoms with Crippen LogP contribution in [0.3, 0.4) is 0 Å². The topological polar surface area (TPSA) is 42.0 Å². The number of anilines is 1. The quantitative estimate of drug-likeness (QED) is 0.545. The molecule has 1 heterocycles. The van der Waals surface area contributed by atoms with Gasteiger partial charge in [0, 0.05) is 4.47 Å². The summed E-state index contributed by atoms with van der Waals surface area (Å²) in [4.78, 5) is 16.6. The maximum atomic E-state index is 12.2. The standard InChI is InChI=1S/C16H20Br2N2OS/c1-4-5-6-12(18)15(21)20-16-19-14-11(9(2)3)7-10(17)8-13(14)22-16/h7-9,12H,4-6H2,1-3H3,(H,19,20,21)/t12-/m0/s1. The van der Waals surface area contributed by atoms with Gasteiger partial charge in [-0.15, -0.1) is 0 Å². The first-order valence-electron chi connectivity index (χ1n) is 7.47.